The second-order valence-electron chi connectivity index (χ2n) is 4.66. The number of benzene rings is 1. The minimum Gasteiger partial charge on any atom is -0.331 e. The predicted octanol–water partition coefficient (Wildman–Crippen LogP) is 4.10. The molecule has 1 aromatic heterocycles. The van der Waals surface area contributed by atoms with Crippen LogP contribution in [0.3, 0.4) is 0 Å². The standard InChI is InChI=1S/C16H16ClFN2O/c1-3-20(11(2)12-7-9-13(18)10-8-12)16(21)14-5-4-6-15(17)19-14/h4-11H,3H2,1-2H3. The van der Waals surface area contributed by atoms with Crippen molar-refractivity contribution in [2.45, 2.75) is 19.9 Å². The molecule has 0 aliphatic rings. The minimum atomic E-state index is -0.295. The highest BCUT2D eigenvalue weighted by Gasteiger charge is 2.22. The zero-order chi connectivity index (χ0) is 15.4. The summed E-state index contributed by atoms with van der Waals surface area (Å²) in [4.78, 5) is 18.3. The topological polar surface area (TPSA) is 33.2 Å². The Hall–Kier alpha value is -1.94. The summed E-state index contributed by atoms with van der Waals surface area (Å²) in [5.74, 6) is -0.492. The van der Waals surface area contributed by atoms with Crippen LogP contribution in [0.2, 0.25) is 5.15 Å². The third-order valence-corrected chi connectivity index (χ3v) is 3.57. The molecule has 3 nitrogen and oxygen atoms in total. The lowest BCUT2D eigenvalue weighted by Crippen LogP contribution is -2.34. The fourth-order valence-electron chi connectivity index (χ4n) is 2.19. The molecule has 1 heterocycles. The van der Waals surface area contributed by atoms with E-state index in [0.717, 1.165) is 5.56 Å². The highest BCUT2D eigenvalue weighted by Crippen LogP contribution is 2.22. The maximum Gasteiger partial charge on any atom is 0.273 e. The Bertz CT molecular complexity index is 630. The van der Waals surface area contributed by atoms with Crippen molar-refractivity contribution in [3.8, 4) is 0 Å². The highest BCUT2D eigenvalue weighted by molar-refractivity contribution is 6.29. The van der Waals surface area contributed by atoms with E-state index in [-0.39, 0.29) is 22.9 Å². The molecule has 0 saturated heterocycles. The van der Waals surface area contributed by atoms with Crippen LogP contribution < -0.4 is 0 Å². The summed E-state index contributed by atoms with van der Waals surface area (Å²) in [6, 6.07) is 10.9. The largest absolute Gasteiger partial charge is 0.331 e. The molecule has 1 aromatic carbocycles. The van der Waals surface area contributed by atoms with Gasteiger partial charge in [0, 0.05) is 6.54 Å². The van der Waals surface area contributed by atoms with Gasteiger partial charge in [-0.15, -0.1) is 0 Å². The van der Waals surface area contributed by atoms with Crippen LogP contribution in [0, 0.1) is 5.82 Å². The van der Waals surface area contributed by atoms with Gasteiger partial charge in [0.1, 0.15) is 16.7 Å². The van der Waals surface area contributed by atoms with Crippen LogP contribution in [0.4, 0.5) is 4.39 Å². The number of carbonyl (C=O) groups is 1. The molecule has 0 bridgehead atoms. The number of carbonyl (C=O) groups excluding carboxylic acids is 1. The lowest BCUT2D eigenvalue weighted by atomic mass is 10.1. The van der Waals surface area contributed by atoms with Gasteiger partial charge in [0.25, 0.3) is 5.91 Å². The van der Waals surface area contributed by atoms with Crippen molar-refractivity contribution < 1.29 is 9.18 Å². The van der Waals surface area contributed by atoms with Crippen molar-refractivity contribution >= 4 is 17.5 Å². The molecular weight excluding hydrogens is 291 g/mol. The van der Waals surface area contributed by atoms with Crippen molar-refractivity contribution in [3.05, 3.63) is 64.7 Å². The molecule has 0 aliphatic heterocycles. The SMILES string of the molecule is CCN(C(=O)c1cccc(Cl)n1)C(C)c1ccc(F)cc1. The first-order valence-electron chi connectivity index (χ1n) is 6.72. The third-order valence-electron chi connectivity index (χ3n) is 3.36. The number of nitrogens with zero attached hydrogens (tertiary/aromatic N) is 2. The molecule has 2 rings (SSSR count). The number of aromatic nitrogens is 1. The summed E-state index contributed by atoms with van der Waals surface area (Å²) in [6.45, 7) is 4.31. The maximum atomic E-state index is 13.0. The Morgan fingerprint density at radius 3 is 2.52 bits per heavy atom. The Kier molecular flexibility index (Phi) is 4.91. The van der Waals surface area contributed by atoms with Crippen molar-refractivity contribution in [2.24, 2.45) is 0 Å². The Balaban J connectivity index is 2.26. The second-order valence-corrected chi connectivity index (χ2v) is 5.05. The second kappa shape index (κ2) is 6.68. The molecule has 0 saturated carbocycles. The lowest BCUT2D eigenvalue weighted by Gasteiger charge is -2.28. The first-order valence-corrected chi connectivity index (χ1v) is 7.09. The van der Waals surface area contributed by atoms with Gasteiger partial charge in [-0.1, -0.05) is 29.8 Å². The summed E-state index contributed by atoms with van der Waals surface area (Å²) in [5, 5.41) is 0.284. The molecule has 110 valence electrons. The summed E-state index contributed by atoms with van der Waals surface area (Å²) < 4.78 is 13.0. The van der Waals surface area contributed by atoms with Crippen LogP contribution >= 0.6 is 11.6 Å². The van der Waals surface area contributed by atoms with E-state index in [1.165, 1.54) is 12.1 Å². The van der Waals surface area contributed by atoms with E-state index in [4.69, 9.17) is 11.6 Å². The first-order chi connectivity index (χ1) is 10.0. The number of pyridine rings is 1. The Morgan fingerprint density at radius 2 is 1.95 bits per heavy atom. The molecule has 21 heavy (non-hydrogen) atoms. The van der Waals surface area contributed by atoms with E-state index in [2.05, 4.69) is 4.98 Å². The molecule has 1 unspecified atom stereocenters. The monoisotopic (exact) mass is 306 g/mol. The Morgan fingerprint density at radius 1 is 1.29 bits per heavy atom. The maximum absolute atomic E-state index is 13.0. The number of rotatable bonds is 4. The van der Waals surface area contributed by atoms with Gasteiger partial charge in [0.05, 0.1) is 6.04 Å². The average Bonchev–Trinajstić information content (AvgIpc) is 2.48. The van der Waals surface area contributed by atoms with Gasteiger partial charge in [-0.25, -0.2) is 9.37 Å². The Labute approximate surface area is 128 Å². The van der Waals surface area contributed by atoms with E-state index in [0.29, 0.717) is 12.2 Å². The van der Waals surface area contributed by atoms with Crippen LogP contribution in [0.5, 0.6) is 0 Å². The predicted molar refractivity (Wildman–Crippen MR) is 80.8 cm³/mol. The number of amides is 1. The number of halogens is 2. The van der Waals surface area contributed by atoms with Gasteiger partial charge in [0.2, 0.25) is 0 Å². The molecular formula is C16H16ClFN2O. The van der Waals surface area contributed by atoms with Crippen molar-refractivity contribution in [1.82, 2.24) is 9.88 Å². The highest BCUT2D eigenvalue weighted by atomic mass is 35.5. The normalized spacial score (nSPS) is 12.0. The third kappa shape index (κ3) is 3.58. The van der Waals surface area contributed by atoms with Crippen molar-refractivity contribution in [2.75, 3.05) is 6.54 Å². The van der Waals surface area contributed by atoms with E-state index >= 15 is 0 Å². The first kappa shape index (κ1) is 15.4. The average molecular weight is 307 g/mol. The van der Waals surface area contributed by atoms with Crippen molar-refractivity contribution in [3.63, 3.8) is 0 Å². The summed E-state index contributed by atoms with van der Waals surface area (Å²) >= 11 is 5.83. The summed E-state index contributed by atoms with van der Waals surface area (Å²) in [5.41, 5.74) is 1.17. The fraction of sp³-hybridized carbons (Fsp3) is 0.250. The van der Waals surface area contributed by atoms with Gasteiger partial charge in [0.15, 0.2) is 0 Å². The molecule has 2 aromatic rings. The van der Waals surface area contributed by atoms with E-state index in [1.54, 1.807) is 35.2 Å². The fourth-order valence-corrected chi connectivity index (χ4v) is 2.35. The number of hydrogen-bond donors (Lipinski definition) is 0. The molecule has 5 heteroatoms. The zero-order valence-corrected chi connectivity index (χ0v) is 12.6. The van der Waals surface area contributed by atoms with Gasteiger partial charge < -0.3 is 4.90 Å². The van der Waals surface area contributed by atoms with E-state index in [1.807, 2.05) is 13.8 Å². The van der Waals surface area contributed by atoms with Gasteiger partial charge in [-0.2, -0.15) is 0 Å². The molecule has 0 aliphatic carbocycles. The molecule has 0 fully saturated rings. The van der Waals surface area contributed by atoms with Crippen molar-refractivity contribution in [1.29, 1.82) is 0 Å². The molecule has 0 spiro atoms. The summed E-state index contributed by atoms with van der Waals surface area (Å²) in [7, 11) is 0. The van der Waals surface area contributed by atoms with Crippen LogP contribution in [-0.4, -0.2) is 22.3 Å². The van der Waals surface area contributed by atoms with Gasteiger partial charge in [-0.05, 0) is 43.7 Å². The van der Waals surface area contributed by atoms with E-state index < -0.39 is 0 Å². The summed E-state index contributed by atoms with van der Waals surface area (Å²) in [6.07, 6.45) is 0. The molecule has 1 amide bonds. The quantitative estimate of drug-likeness (QED) is 0.797. The number of hydrogen-bond acceptors (Lipinski definition) is 2. The van der Waals surface area contributed by atoms with Crippen LogP contribution in [-0.2, 0) is 0 Å². The van der Waals surface area contributed by atoms with E-state index in [9.17, 15) is 9.18 Å². The molecule has 0 radical (unpaired) electrons. The smallest absolute Gasteiger partial charge is 0.273 e. The lowest BCUT2D eigenvalue weighted by molar-refractivity contribution is 0.0696. The van der Waals surface area contributed by atoms with Gasteiger partial charge >= 0.3 is 0 Å². The molecule has 0 N–H and O–H groups in total. The zero-order valence-electron chi connectivity index (χ0n) is 11.9. The van der Waals surface area contributed by atoms with Crippen LogP contribution in [0.15, 0.2) is 42.5 Å². The van der Waals surface area contributed by atoms with Crippen LogP contribution in [0.25, 0.3) is 0 Å². The minimum absolute atomic E-state index is 0.177. The molecule has 1 atom stereocenters. The van der Waals surface area contributed by atoms with Gasteiger partial charge in [-0.3, -0.25) is 4.79 Å². The van der Waals surface area contributed by atoms with Crippen LogP contribution in [0.1, 0.15) is 35.9 Å².